The van der Waals surface area contributed by atoms with Crippen molar-refractivity contribution in [3.63, 3.8) is 0 Å². The Morgan fingerprint density at radius 1 is 1.24 bits per heavy atom. The van der Waals surface area contributed by atoms with E-state index >= 15 is 0 Å². The van der Waals surface area contributed by atoms with Gasteiger partial charge in [0.25, 0.3) is 5.69 Å². The van der Waals surface area contributed by atoms with Crippen molar-refractivity contribution >= 4 is 28.7 Å². The number of piperazine rings is 1. The lowest BCUT2D eigenvalue weighted by molar-refractivity contribution is -0.384. The molecule has 42 heavy (non-hydrogen) atoms. The maximum absolute atomic E-state index is 14.2. The lowest BCUT2D eigenvalue weighted by Crippen LogP contribution is -2.47. The number of nitrogens with one attached hydrogen (secondary N) is 1. The van der Waals surface area contributed by atoms with E-state index in [1.807, 2.05) is 17.0 Å². The van der Waals surface area contributed by atoms with Crippen molar-refractivity contribution in [3.8, 4) is 6.07 Å². The van der Waals surface area contributed by atoms with E-state index in [1.54, 1.807) is 12.1 Å². The second-order valence-corrected chi connectivity index (χ2v) is 11.9. The van der Waals surface area contributed by atoms with Crippen molar-refractivity contribution in [2.45, 2.75) is 43.3 Å². The van der Waals surface area contributed by atoms with Gasteiger partial charge in [-0.15, -0.1) is 0 Å². The van der Waals surface area contributed by atoms with Crippen LogP contribution in [0, 0.1) is 33.2 Å². The fourth-order valence-electron chi connectivity index (χ4n) is 6.63. The van der Waals surface area contributed by atoms with E-state index in [0.717, 1.165) is 64.0 Å². The first-order valence-corrected chi connectivity index (χ1v) is 14.4. The second-order valence-electron chi connectivity index (χ2n) is 11.5. The standard InChI is InChI=1S/C29H32F4N6O2S/c1-36-11-13-37(14-12-36)9-2-10-38(25-7-8-28(17-22(25)28)20-5-3-19(18-34)4-6-20)27(42)35-24-15-21(29(31,32)33)23(30)16-26(24)39(40)41/h3-6,15-16,22,25H,2,7-14,17H2,1H3,(H,35,42)/t22?,25-,28-/m1/s1. The molecule has 224 valence electrons. The van der Waals surface area contributed by atoms with Gasteiger partial charge >= 0.3 is 6.18 Å². The Balaban J connectivity index is 1.38. The molecule has 1 unspecified atom stereocenters. The number of benzene rings is 2. The molecule has 1 saturated heterocycles. The number of rotatable bonds is 8. The minimum absolute atomic E-state index is 0.0188. The van der Waals surface area contributed by atoms with Gasteiger partial charge in [-0.1, -0.05) is 12.1 Å². The molecule has 1 N–H and O–H groups in total. The summed E-state index contributed by atoms with van der Waals surface area (Å²) in [4.78, 5) is 17.3. The number of hydrogen-bond donors (Lipinski definition) is 1. The number of hydrogen-bond acceptors (Lipinski definition) is 6. The fourth-order valence-corrected chi connectivity index (χ4v) is 6.97. The van der Waals surface area contributed by atoms with Gasteiger partial charge in [0.1, 0.15) is 11.5 Å². The molecule has 0 radical (unpaired) electrons. The largest absolute Gasteiger partial charge is 0.419 e. The highest BCUT2D eigenvalue weighted by atomic mass is 32.1. The van der Waals surface area contributed by atoms with Crippen molar-refractivity contribution in [1.29, 1.82) is 5.26 Å². The van der Waals surface area contributed by atoms with Gasteiger partial charge in [0.2, 0.25) is 0 Å². The molecular formula is C29H32F4N6O2S. The third-order valence-corrected chi connectivity index (χ3v) is 9.37. The summed E-state index contributed by atoms with van der Waals surface area (Å²) in [6.45, 7) is 5.16. The maximum atomic E-state index is 14.2. The van der Waals surface area contributed by atoms with E-state index in [1.165, 1.54) is 0 Å². The third-order valence-electron chi connectivity index (χ3n) is 9.03. The van der Waals surface area contributed by atoms with Crippen molar-refractivity contribution < 1.29 is 22.5 Å². The molecule has 2 aliphatic carbocycles. The highest BCUT2D eigenvalue weighted by Gasteiger charge is 2.63. The van der Waals surface area contributed by atoms with E-state index < -0.39 is 33.9 Å². The predicted octanol–water partition coefficient (Wildman–Crippen LogP) is 5.38. The summed E-state index contributed by atoms with van der Waals surface area (Å²) in [7, 11) is 2.08. The quantitative estimate of drug-likeness (QED) is 0.186. The number of nitro benzene ring substituents is 1. The molecule has 2 aromatic rings. The number of alkyl halides is 3. The molecule has 8 nitrogen and oxygen atoms in total. The number of likely N-dealkylation sites (N-methyl/N-ethyl adjacent to an activating group) is 1. The van der Waals surface area contributed by atoms with Crippen LogP contribution >= 0.6 is 12.2 Å². The van der Waals surface area contributed by atoms with E-state index in [2.05, 4.69) is 28.2 Å². The number of fused-ring (bicyclic) bond motifs is 1. The van der Waals surface area contributed by atoms with Crippen LogP contribution in [0.3, 0.4) is 0 Å². The summed E-state index contributed by atoms with van der Waals surface area (Å²) in [6, 6.07) is 10.4. The molecule has 0 amide bonds. The Morgan fingerprint density at radius 2 is 1.93 bits per heavy atom. The Hall–Kier alpha value is -3.34. The van der Waals surface area contributed by atoms with E-state index in [0.29, 0.717) is 18.2 Å². The summed E-state index contributed by atoms with van der Waals surface area (Å²) < 4.78 is 54.6. The number of thiocarbonyl (C=S) groups is 1. The highest BCUT2D eigenvalue weighted by Crippen LogP contribution is 2.65. The van der Waals surface area contributed by atoms with Gasteiger partial charge < -0.3 is 20.0 Å². The first kappa shape index (κ1) is 30.1. The van der Waals surface area contributed by atoms with Crippen LogP contribution in [0.25, 0.3) is 0 Å². The van der Waals surface area contributed by atoms with Crippen LogP contribution in [0.4, 0.5) is 28.9 Å². The van der Waals surface area contributed by atoms with E-state index in [-0.39, 0.29) is 28.6 Å². The van der Waals surface area contributed by atoms with Crippen molar-refractivity contribution in [2.75, 3.05) is 51.6 Å². The Labute approximate surface area is 247 Å². The van der Waals surface area contributed by atoms with Crippen molar-refractivity contribution in [2.24, 2.45) is 5.92 Å². The van der Waals surface area contributed by atoms with Crippen LogP contribution in [0.15, 0.2) is 36.4 Å². The van der Waals surface area contributed by atoms with Gasteiger partial charge in [-0.05, 0) is 81.2 Å². The van der Waals surface area contributed by atoms with Gasteiger partial charge in [-0.25, -0.2) is 4.39 Å². The average Bonchev–Trinajstić information content (AvgIpc) is 3.58. The monoisotopic (exact) mass is 604 g/mol. The topological polar surface area (TPSA) is 88.7 Å². The van der Waals surface area contributed by atoms with Crippen LogP contribution < -0.4 is 5.32 Å². The number of nitrogens with zero attached hydrogens (tertiary/aromatic N) is 5. The summed E-state index contributed by atoms with van der Waals surface area (Å²) in [5.74, 6) is -1.47. The maximum Gasteiger partial charge on any atom is 0.419 e. The zero-order valence-electron chi connectivity index (χ0n) is 23.2. The smallest absolute Gasteiger partial charge is 0.346 e. The summed E-state index contributed by atoms with van der Waals surface area (Å²) in [5.41, 5.74) is -1.23. The molecule has 3 aliphatic rings. The zero-order valence-corrected chi connectivity index (χ0v) is 24.0. The first-order valence-electron chi connectivity index (χ1n) is 14.0. The molecule has 1 heterocycles. The molecule has 3 fully saturated rings. The number of anilines is 1. The van der Waals surface area contributed by atoms with Gasteiger partial charge in [0.05, 0.1) is 28.2 Å². The Kier molecular flexibility index (Phi) is 8.42. The minimum Gasteiger partial charge on any atom is -0.346 e. The second kappa shape index (κ2) is 11.7. The predicted molar refractivity (Wildman–Crippen MR) is 154 cm³/mol. The fraction of sp³-hybridized carbons (Fsp3) is 0.517. The molecule has 3 atom stereocenters. The third kappa shape index (κ3) is 6.07. The summed E-state index contributed by atoms with van der Waals surface area (Å²) >= 11 is 5.71. The summed E-state index contributed by atoms with van der Waals surface area (Å²) in [5, 5.41) is 23.6. The molecule has 2 saturated carbocycles. The van der Waals surface area contributed by atoms with Crippen LogP contribution in [-0.4, -0.2) is 77.1 Å². The van der Waals surface area contributed by atoms with E-state index in [9.17, 15) is 32.9 Å². The van der Waals surface area contributed by atoms with Crippen LogP contribution in [-0.2, 0) is 11.6 Å². The average molecular weight is 605 g/mol. The molecule has 0 bridgehead atoms. The molecule has 2 aromatic carbocycles. The Bertz CT molecular complexity index is 1390. The van der Waals surface area contributed by atoms with Gasteiger partial charge in [0, 0.05) is 44.2 Å². The Morgan fingerprint density at radius 3 is 2.52 bits per heavy atom. The number of halogens is 4. The normalized spacial score (nSPS) is 24.1. The van der Waals surface area contributed by atoms with Crippen LogP contribution in [0.1, 0.15) is 42.4 Å². The van der Waals surface area contributed by atoms with Crippen LogP contribution in [0.5, 0.6) is 0 Å². The molecular weight excluding hydrogens is 572 g/mol. The molecule has 0 aromatic heterocycles. The lowest BCUT2D eigenvalue weighted by Gasteiger charge is -2.35. The molecule has 1 aliphatic heterocycles. The lowest BCUT2D eigenvalue weighted by atomic mass is 9.93. The van der Waals surface area contributed by atoms with Gasteiger partial charge in [-0.3, -0.25) is 10.1 Å². The SMILES string of the molecule is CN1CCN(CCCN(C(=S)Nc2cc(C(F)(F)F)c(F)cc2[N+](=O)[O-])[C@@H]2CC[C@]3(c4ccc(C#N)cc4)CC23)CC1. The van der Waals surface area contributed by atoms with E-state index in [4.69, 9.17) is 12.2 Å². The highest BCUT2D eigenvalue weighted by molar-refractivity contribution is 7.80. The first-order chi connectivity index (χ1) is 19.9. The molecule has 0 spiro atoms. The molecule has 5 rings (SSSR count). The van der Waals surface area contributed by atoms with Crippen molar-refractivity contribution in [1.82, 2.24) is 14.7 Å². The van der Waals surface area contributed by atoms with Crippen molar-refractivity contribution in [3.05, 3.63) is 69.0 Å². The zero-order chi connectivity index (χ0) is 30.2. The number of nitriles is 1. The minimum atomic E-state index is -5.03. The van der Waals surface area contributed by atoms with Gasteiger partial charge in [-0.2, -0.15) is 18.4 Å². The molecule has 13 heteroatoms. The summed E-state index contributed by atoms with van der Waals surface area (Å²) in [6.07, 6.45) is -1.69. The number of nitro groups is 1. The van der Waals surface area contributed by atoms with Gasteiger partial charge in [0.15, 0.2) is 5.11 Å². The van der Waals surface area contributed by atoms with Crippen LogP contribution in [0.2, 0.25) is 0 Å².